The summed E-state index contributed by atoms with van der Waals surface area (Å²) >= 11 is 0. The van der Waals surface area contributed by atoms with E-state index in [4.69, 9.17) is 5.73 Å². The Balaban J connectivity index is 1.99. The molecular formula is C12H16N2O. The van der Waals surface area contributed by atoms with Gasteiger partial charge in [0.2, 0.25) is 5.91 Å². The molecule has 1 fully saturated rings. The average Bonchev–Trinajstić information content (AvgIpc) is 2.94. The molecule has 0 aliphatic heterocycles. The van der Waals surface area contributed by atoms with Crippen LogP contribution >= 0.6 is 0 Å². The molecule has 0 radical (unpaired) electrons. The minimum absolute atomic E-state index is 0.0769. The van der Waals surface area contributed by atoms with Crippen molar-refractivity contribution in [1.29, 1.82) is 0 Å². The molecule has 3 nitrogen and oxygen atoms in total. The number of hydrogen-bond acceptors (Lipinski definition) is 2. The topological polar surface area (TPSA) is 55.1 Å². The quantitative estimate of drug-likeness (QED) is 0.742. The number of hydrogen-bond donors (Lipinski definition) is 2. The van der Waals surface area contributed by atoms with E-state index in [0.717, 1.165) is 11.3 Å². The summed E-state index contributed by atoms with van der Waals surface area (Å²) in [6.07, 6.45) is 3.01. The first-order chi connectivity index (χ1) is 7.15. The smallest absolute Gasteiger partial charge is 0.224 e. The summed E-state index contributed by atoms with van der Waals surface area (Å²) in [5, 5.41) is 2.84. The largest absolute Gasteiger partial charge is 0.397 e. The molecule has 1 aliphatic rings. The molecule has 2 rings (SSSR count). The Labute approximate surface area is 89.7 Å². The molecule has 1 aromatic carbocycles. The van der Waals surface area contributed by atoms with Crippen LogP contribution in [-0.2, 0) is 4.79 Å². The Morgan fingerprint density at radius 2 is 2.27 bits per heavy atom. The van der Waals surface area contributed by atoms with Crippen LogP contribution in [0.1, 0.15) is 24.8 Å². The first-order valence-corrected chi connectivity index (χ1v) is 5.31. The number of nitrogens with one attached hydrogen (secondary N) is 1. The van der Waals surface area contributed by atoms with Gasteiger partial charge in [0.15, 0.2) is 0 Å². The summed E-state index contributed by atoms with van der Waals surface area (Å²) in [5.74, 6) is 0.685. The zero-order valence-electron chi connectivity index (χ0n) is 8.92. The van der Waals surface area contributed by atoms with E-state index in [2.05, 4.69) is 5.32 Å². The second-order valence-electron chi connectivity index (χ2n) is 4.29. The Kier molecular flexibility index (Phi) is 2.62. The number of amides is 1. The summed E-state index contributed by atoms with van der Waals surface area (Å²) in [7, 11) is 0. The minimum Gasteiger partial charge on any atom is -0.397 e. The highest BCUT2D eigenvalue weighted by atomic mass is 16.1. The Hall–Kier alpha value is -1.51. The van der Waals surface area contributed by atoms with Crippen LogP contribution in [0.25, 0.3) is 0 Å². The van der Waals surface area contributed by atoms with Crippen LogP contribution < -0.4 is 11.1 Å². The molecule has 1 aromatic rings. The molecule has 0 spiro atoms. The lowest BCUT2D eigenvalue weighted by Crippen LogP contribution is -2.13. The highest BCUT2D eigenvalue weighted by molar-refractivity contribution is 5.94. The van der Waals surface area contributed by atoms with Gasteiger partial charge in [-0.25, -0.2) is 0 Å². The summed E-state index contributed by atoms with van der Waals surface area (Å²) in [6.45, 7) is 1.98. The molecule has 3 N–H and O–H groups in total. The number of nitrogens with two attached hydrogens (primary N) is 1. The fraction of sp³-hybridized carbons (Fsp3) is 0.417. The Morgan fingerprint density at radius 1 is 1.53 bits per heavy atom. The van der Waals surface area contributed by atoms with E-state index >= 15 is 0 Å². The van der Waals surface area contributed by atoms with Gasteiger partial charge in [0.05, 0.1) is 11.4 Å². The first-order valence-electron chi connectivity index (χ1n) is 5.31. The van der Waals surface area contributed by atoms with Gasteiger partial charge in [-0.3, -0.25) is 4.79 Å². The van der Waals surface area contributed by atoms with Crippen molar-refractivity contribution in [2.75, 3.05) is 11.1 Å². The third-order valence-electron chi connectivity index (χ3n) is 2.65. The van der Waals surface area contributed by atoms with Gasteiger partial charge in [-0.1, -0.05) is 6.07 Å². The van der Waals surface area contributed by atoms with Gasteiger partial charge in [-0.15, -0.1) is 0 Å². The molecule has 1 aliphatic carbocycles. The number of carbonyl (C=O) groups is 1. The highest BCUT2D eigenvalue weighted by Gasteiger charge is 2.24. The van der Waals surface area contributed by atoms with Gasteiger partial charge in [0.1, 0.15) is 0 Å². The highest BCUT2D eigenvalue weighted by Crippen LogP contribution is 2.32. The van der Waals surface area contributed by atoms with E-state index in [1.165, 1.54) is 12.8 Å². The van der Waals surface area contributed by atoms with Gasteiger partial charge in [-0.2, -0.15) is 0 Å². The van der Waals surface area contributed by atoms with E-state index in [1.54, 1.807) is 0 Å². The Morgan fingerprint density at radius 3 is 2.87 bits per heavy atom. The minimum atomic E-state index is 0.0769. The summed E-state index contributed by atoms with van der Waals surface area (Å²) in [6, 6.07) is 5.67. The van der Waals surface area contributed by atoms with E-state index < -0.39 is 0 Å². The number of anilines is 2. The predicted octanol–water partition coefficient (Wildman–Crippen LogP) is 2.32. The lowest BCUT2D eigenvalue weighted by molar-refractivity contribution is -0.116. The number of nitrogen functional groups attached to an aromatic ring is 1. The van der Waals surface area contributed by atoms with Crippen LogP contribution in [0.4, 0.5) is 11.4 Å². The van der Waals surface area contributed by atoms with Crippen molar-refractivity contribution in [3.63, 3.8) is 0 Å². The molecule has 0 heterocycles. The third kappa shape index (κ3) is 2.72. The summed E-state index contributed by atoms with van der Waals surface area (Å²) < 4.78 is 0. The van der Waals surface area contributed by atoms with E-state index in [1.807, 2.05) is 25.1 Å². The maximum Gasteiger partial charge on any atom is 0.224 e. The second-order valence-corrected chi connectivity index (χ2v) is 4.29. The van der Waals surface area contributed by atoms with Crippen molar-refractivity contribution in [3.05, 3.63) is 23.8 Å². The van der Waals surface area contributed by atoms with Crippen molar-refractivity contribution >= 4 is 17.3 Å². The van der Waals surface area contributed by atoms with Crippen LogP contribution in [0.5, 0.6) is 0 Å². The average molecular weight is 204 g/mol. The maximum absolute atomic E-state index is 11.5. The third-order valence-corrected chi connectivity index (χ3v) is 2.65. The van der Waals surface area contributed by atoms with E-state index in [9.17, 15) is 4.79 Å². The summed E-state index contributed by atoms with van der Waals surface area (Å²) in [4.78, 5) is 11.5. The van der Waals surface area contributed by atoms with Crippen LogP contribution in [0.15, 0.2) is 18.2 Å². The monoisotopic (exact) mass is 204 g/mol. The van der Waals surface area contributed by atoms with Crippen LogP contribution in [-0.4, -0.2) is 5.91 Å². The van der Waals surface area contributed by atoms with Gasteiger partial charge < -0.3 is 11.1 Å². The molecule has 3 heteroatoms. The number of rotatable bonds is 3. The second kappa shape index (κ2) is 3.93. The zero-order valence-corrected chi connectivity index (χ0v) is 8.92. The van der Waals surface area contributed by atoms with Crippen LogP contribution in [0.2, 0.25) is 0 Å². The number of carbonyl (C=O) groups excluding carboxylic acids is 1. The molecule has 1 amide bonds. The predicted molar refractivity (Wildman–Crippen MR) is 61.6 cm³/mol. The lowest BCUT2D eigenvalue weighted by atomic mass is 10.2. The first kappa shape index (κ1) is 10.0. The molecule has 1 saturated carbocycles. The molecule has 0 unspecified atom stereocenters. The van der Waals surface area contributed by atoms with E-state index in [0.29, 0.717) is 18.0 Å². The maximum atomic E-state index is 11.5. The molecule has 0 bridgehead atoms. The number of aryl methyl sites for hydroxylation is 1. The molecular weight excluding hydrogens is 188 g/mol. The van der Waals surface area contributed by atoms with Crippen molar-refractivity contribution in [3.8, 4) is 0 Å². The lowest BCUT2D eigenvalue weighted by Gasteiger charge is -2.08. The van der Waals surface area contributed by atoms with Crippen LogP contribution in [0.3, 0.4) is 0 Å². The van der Waals surface area contributed by atoms with Crippen molar-refractivity contribution < 1.29 is 4.79 Å². The molecule has 0 saturated heterocycles. The van der Waals surface area contributed by atoms with Gasteiger partial charge in [0.25, 0.3) is 0 Å². The van der Waals surface area contributed by atoms with Crippen molar-refractivity contribution in [1.82, 2.24) is 0 Å². The van der Waals surface area contributed by atoms with Crippen molar-refractivity contribution in [2.24, 2.45) is 5.92 Å². The van der Waals surface area contributed by atoms with E-state index in [-0.39, 0.29) is 5.91 Å². The molecule has 80 valence electrons. The fourth-order valence-electron chi connectivity index (χ4n) is 1.58. The van der Waals surface area contributed by atoms with Gasteiger partial charge in [0, 0.05) is 6.42 Å². The molecule has 0 atom stereocenters. The van der Waals surface area contributed by atoms with Crippen molar-refractivity contribution in [2.45, 2.75) is 26.2 Å². The molecule has 0 aromatic heterocycles. The SMILES string of the molecule is Cc1ccc(NC(=O)CC2CC2)c(N)c1. The Bertz CT molecular complexity index is 383. The molecule has 15 heavy (non-hydrogen) atoms. The standard InChI is InChI=1S/C12H16N2O/c1-8-2-5-11(10(13)6-8)14-12(15)7-9-3-4-9/h2,5-6,9H,3-4,7,13H2,1H3,(H,14,15). The normalized spacial score (nSPS) is 15.0. The fourth-order valence-corrected chi connectivity index (χ4v) is 1.58. The number of benzene rings is 1. The summed E-state index contributed by atoms with van der Waals surface area (Å²) in [5.41, 5.74) is 8.27. The van der Waals surface area contributed by atoms with Crippen LogP contribution in [0, 0.1) is 12.8 Å². The van der Waals surface area contributed by atoms with Gasteiger partial charge >= 0.3 is 0 Å². The zero-order chi connectivity index (χ0) is 10.8. The van der Waals surface area contributed by atoms with Gasteiger partial charge in [-0.05, 0) is 43.4 Å².